The SMILES string of the molecule is CC(CCc1ccco1)NC1CC(=O)N(C2CC2)C1=O. The summed E-state index contributed by atoms with van der Waals surface area (Å²) in [5.41, 5.74) is 0. The van der Waals surface area contributed by atoms with Crippen molar-refractivity contribution in [3.8, 4) is 0 Å². The van der Waals surface area contributed by atoms with E-state index >= 15 is 0 Å². The third-order valence-electron chi connectivity index (χ3n) is 3.98. The molecule has 2 aliphatic rings. The van der Waals surface area contributed by atoms with E-state index in [1.165, 1.54) is 4.90 Å². The second-order valence-corrected chi connectivity index (χ2v) is 5.78. The molecular formula is C15H20N2O3. The number of carbonyl (C=O) groups is 2. The van der Waals surface area contributed by atoms with Crippen LogP contribution in [0.4, 0.5) is 0 Å². The maximum Gasteiger partial charge on any atom is 0.247 e. The lowest BCUT2D eigenvalue weighted by Gasteiger charge is -2.18. The number of imide groups is 1. The summed E-state index contributed by atoms with van der Waals surface area (Å²) in [5.74, 6) is 0.891. The van der Waals surface area contributed by atoms with Gasteiger partial charge >= 0.3 is 0 Å². The molecule has 0 aromatic carbocycles. The van der Waals surface area contributed by atoms with Crippen LogP contribution in [0.15, 0.2) is 22.8 Å². The van der Waals surface area contributed by atoms with Gasteiger partial charge in [-0.25, -0.2) is 0 Å². The average Bonchev–Trinajstić information content (AvgIpc) is 3.02. The second kappa shape index (κ2) is 5.40. The van der Waals surface area contributed by atoms with Crippen molar-refractivity contribution >= 4 is 11.8 Å². The zero-order valence-electron chi connectivity index (χ0n) is 11.7. The Bertz CT molecular complexity index is 493. The molecule has 1 saturated heterocycles. The second-order valence-electron chi connectivity index (χ2n) is 5.78. The summed E-state index contributed by atoms with van der Waals surface area (Å²) >= 11 is 0. The number of hydrogen-bond donors (Lipinski definition) is 1. The lowest BCUT2D eigenvalue weighted by molar-refractivity contribution is -0.139. The smallest absolute Gasteiger partial charge is 0.247 e. The first-order valence-electron chi connectivity index (χ1n) is 7.29. The van der Waals surface area contributed by atoms with Crippen molar-refractivity contribution < 1.29 is 14.0 Å². The first-order valence-corrected chi connectivity index (χ1v) is 7.29. The average molecular weight is 276 g/mol. The highest BCUT2D eigenvalue weighted by molar-refractivity contribution is 6.06. The van der Waals surface area contributed by atoms with E-state index in [0.717, 1.165) is 31.4 Å². The maximum absolute atomic E-state index is 12.2. The van der Waals surface area contributed by atoms with E-state index in [9.17, 15) is 9.59 Å². The molecule has 2 fully saturated rings. The predicted molar refractivity (Wildman–Crippen MR) is 72.9 cm³/mol. The summed E-state index contributed by atoms with van der Waals surface area (Å²) in [6.07, 6.45) is 5.63. The normalized spacial score (nSPS) is 24.4. The van der Waals surface area contributed by atoms with Gasteiger partial charge in [0.15, 0.2) is 0 Å². The van der Waals surface area contributed by atoms with Gasteiger partial charge in [0.1, 0.15) is 5.76 Å². The van der Waals surface area contributed by atoms with Crippen molar-refractivity contribution in [3.05, 3.63) is 24.2 Å². The zero-order chi connectivity index (χ0) is 14.1. The van der Waals surface area contributed by atoms with Crippen LogP contribution in [0.1, 0.15) is 38.4 Å². The van der Waals surface area contributed by atoms with Gasteiger partial charge in [-0.1, -0.05) is 0 Å². The fourth-order valence-corrected chi connectivity index (χ4v) is 2.74. The predicted octanol–water partition coefficient (Wildman–Crippen LogP) is 1.48. The van der Waals surface area contributed by atoms with Gasteiger partial charge in [0, 0.05) is 18.5 Å². The van der Waals surface area contributed by atoms with Gasteiger partial charge < -0.3 is 9.73 Å². The molecule has 3 rings (SSSR count). The number of aryl methyl sites for hydroxylation is 1. The summed E-state index contributed by atoms with van der Waals surface area (Å²) in [4.78, 5) is 25.5. The van der Waals surface area contributed by atoms with Gasteiger partial charge in [0.25, 0.3) is 0 Å². The molecule has 0 bridgehead atoms. The molecule has 1 aromatic rings. The van der Waals surface area contributed by atoms with Crippen LogP contribution in [0.5, 0.6) is 0 Å². The highest BCUT2D eigenvalue weighted by Crippen LogP contribution is 2.31. The van der Waals surface area contributed by atoms with Crippen LogP contribution >= 0.6 is 0 Å². The Hall–Kier alpha value is -1.62. The summed E-state index contributed by atoms with van der Waals surface area (Å²) < 4.78 is 5.29. The number of amides is 2. The van der Waals surface area contributed by atoms with Crippen molar-refractivity contribution in [2.75, 3.05) is 0 Å². The molecule has 1 saturated carbocycles. The Balaban J connectivity index is 1.50. The van der Waals surface area contributed by atoms with E-state index in [4.69, 9.17) is 4.42 Å². The molecule has 0 radical (unpaired) electrons. The van der Waals surface area contributed by atoms with Crippen LogP contribution in [-0.4, -0.2) is 34.8 Å². The van der Waals surface area contributed by atoms with E-state index in [1.54, 1.807) is 6.26 Å². The zero-order valence-corrected chi connectivity index (χ0v) is 11.7. The molecule has 1 aliphatic heterocycles. The van der Waals surface area contributed by atoms with Crippen molar-refractivity contribution in [2.45, 2.75) is 57.2 Å². The lowest BCUT2D eigenvalue weighted by atomic mass is 10.1. The number of furan rings is 1. The van der Waals surface area contributed by atoms with Gasteiger partial charge in [-0.3, -0.25) is 14.5 Å². The van der Waals surface area contributed by atoms with E-state index in [0.29, 0.717) is 6.42 Å². The van der Waals surface area contributed by atoms with Crippen LogP contribution in [0, 0.1) is 0 Å². The molecule has 20 heavy (non-hydrogen) atoms. The number of carbonyl (C=O) groups excluding carboxylic acids is 2. The Labute approximate surface area is 118 Å². The Morgan fingerprint density at radius 3 is 2.90 bits per heavy atom. The highest BCUT2D eigenvalue weighted by Gasteiger charge is 2.46. The molecule has 1 N–H and O–H groups in total. The monoisotopic (exact) mass is 276 g/mol. The van der Waals surface area contributed by atoms with Crippen LogP contribution < -0.4 is 5.32 Å². The van der Waals surface area contributed by atoms with Crippen molar-refractivity contribution in [1.82, 2.24) is 10.2 Å². The lowest BCUT2D eigenvalue weighted by Crippen LogP contribution is -2.43. The van der Waals surface area contributed by atoms with Crippen LogP contribution in [0.2, 0.25) is 0 Å². The van der Waals surface area contributed by atoms with Crippen LogP contribution in [0.3, 0.4) is 0 Å². The van der Waals surface area contributed by atoms with Gasteiger partial charge in [-0.05, 0) is 38.3 Å². The quantitative estimate of drug-likeness (QED) is 0.799. The fourth-order valence-electron chi connectivity index (χ4n) is 2.74. The summed E-state index contributed by atoms with van der Waals surface area (Å²) in [6, 6.07) is 3.85. The molecule has 5 nitrogen and oxygen atoms in total. The minimum Gasteiger partial charge on any atom is -0.469 e. The molecule has 2 atom stereocenters. The molecule has 108 valence electrons. The molecule has 1 aromatic heterocycles. The number of nitrogens with zero attached hydrogens (tertiary/aromatic N) is 1. The minimum atomic E-state index is -0.338. The third kappa shape index (κ3) is 2.77. The molecular weight excluding hydrogens is 256 g/mol. The molecule has 5 heteroatoms. The number of likely N-dealkylation sites (tertiary alicyclic amines) is 1. The first kappa shape index (κ1) is 13.4. The van der Waals surface area contributed by atoms with Crippen LogP contribution in [0.25, 0.3) is 0 Å². The fraction of sp³-hybridized carbons (Fsp3) is 0.600. The Morgan fingerprint density at radius 1 is 1.45 bits per heavy atom. The minimum absolute atomic E-state index is 0.0202. The molecule has 2 heterocycles. The van der Waals surface area contributed by atoms with Gasteiger partial charge in [-0.15, -0.1) is 0 Å². The van der Waals surface area contributed by atoms with Gasteiger partial charge in [0.2, 0.25) is 11.8 Å². The Morgan fingerprint density at radius 2 is 2.25 bits per heavy atom. The van der Waals surface area contributed by atoms with E-state index < -0.39 is 0 Å². The molecule has 2 unspecified atom stereocenters. The van der Waals surface area contributed by atoms with Gasteiger partial charge in [0.05, 0.1) is 18.7 Å². The topological polar surface area (TPSA) is 62.6 Å². The number of hydrogen-bond acceptors (Lipinski definition) is 4. The highest BCUT2D eigenvalue weighted by atomic mass is 16.3. The van der Waals surface area contributed by atoms with E-state index in [2.05, 4.69) is 5.32 Å². The van der Waals surface area contributed by atoms with Crippen molar-refractivity contribution in [3.63, 3.8) is 0 Å². The largest absolute Gasteiger partial charge is 0.469 e. The van der Waals surface area contributed by atoms with Crippen molar-refractivity contribution in [2.24, 2.45) is 0 Å². The van der Waals surface area contributed by atoms with E-state index in [-0.39, 0.29) is 29.9 Å². The summed E-state index contributed by atoms with van der Waals surface area (Å²) in [6.45, 7) is 2.04. The third-order valence-corrected chi connectivity index (χ3v) is 3.98. The Kier molecular flexibility index (Phi) is 3.61. The summed E-state index contributed by atoms with van der Waals surface area (Å²) in [5, 5.41) is 3.28. The number of rotatable bonds is 6. The number of nitrogens with one attached hydrogen (secondary N) is 1. The van der Waals surface area contributed by atoms with Gasteiger partial charge in [-0.2, -0.15) is 0 Å². The summed E-state index contributed by atoms with van der Waals surface area (Å²) in [7, 11) is 0. The van der Waals surface area contributed by atoms with Crippen molar-refractivity contribution in [1.29, 1.82) is 0 Å². The maximum atomic E-state index is 12.2. The standard InChI is InChI=1S/C15H20N2O3/c1-10(4-7-12-3-2-8-20-12)16-13-9-14(18)17(15(13)19)11-5-6-11/h2-3,8,10-11,13,16H,4-7,9H2,1H3. The molecule has 2 amide bonds. The molecule has 1 aliphatic carbocycles. The van der Waals surface area contributed by atoms with E-state index in [1.807, 2.05) is 19.1 Å². The van der Waals surface area contributed by atoms with Crippen LogP contribution in [-0.2, 0) is 16.0 Å². The first-order chi connectivity index (χ1) is 9.65. The molecule has 0 spiro atoms.